The van der Waals surface area contributed by atoms with Gasteiger partial charge in [-0.15, -0.1) is 11.3 Å². The second kappa shape index (κ2) is 6.18. The molecule has 0 aliphatic carbocycles. The van der Waals surface area contributed by atoms with E-state index in [1.165, 1.54) is 11.3 Å². The minimum absolute atomic E-state index is 0.0928. The molecule has 4 rings (SSSR count). The van der Waals surface area contributed by atoms with Crippen LogP contribution in [0.5, 0.6) is 0 Å². The van der Waals surface area contributed by atoms with Crippen molar-refractivity contribution in [2.45, 2.75) is 13.8 Å². The highest BCUT2D eigenvalue weighted by molar-refractivity contribution is 7.14. The fraction of sp³-hybridized carbons (Fsp3) is 0.100. The van der Waals surface area contributed by atoms with Gasteiger partial charge >= 0.3 is 0 Å². The SMILES string of the molecule is Cc1cc(C(=O)Nc2ccccc2-c2nc3ccccc3[nH]2)sc1C. The second-order valence-corrected chi connectivity index (χ2v) is 7.21. The molecule has 5 heteroatoms. The van der Waals surface area contributed by atoms with Crippen LogP contribution in [0.4, 0.5) is 5.69 Å². The number of thiophene rings is 1. The van der Waals surface area contributed by atoms with Gasteiger partial charge in [-0.25, -0.2) is 4.98 Å². The number of nitrogens with zero attached hydrogens (tertiary/aromatic N) is 1. The first-order chi connectivity index (χ1) is 12.1. The number of anilines is 1. The first-order valence-corrected chi connectivity index (χ1v) is 8.86. The molecule has 2 heterocycles. The van der Waals surface area contributed by atoms with Crippen LogP contribution < -0.4 is 5.32 Å². The molecule has 0 saturated heterocycles. The Balaban J connectivity index is 1.70. The summed E-state index contributed by atoms with van der Waals surface area (Å²) in [4.78, 5) is 22.4. The molecule has 2 aromatic carbocycles. The third kappa shape index (κ3) is 2.94. The van der Waals surface area contributed by atoms with E-state index in [9.17, 15) is 4.79 Å². The summed E-state index contributed by atoms with van der Waals surface area (Å²) < 4.78 is 0. The average molecular weight is 347 g/mol. The van der Waals surface area contributed by atoms with Gasteiger partial charge in [-0.05, 0) is 49.7 Å². The zero-order chi connectivity index (χ0) is 17.4. The number of amides is 1. The predicted octanol–water partition coefficient (Wildman–Crippen LogP) is 5.16. The van der Waals surface area contributed by atoms with Gasteiger partial charge in [-0.1, -0.05) is 24.3 Å². The van der Waals surface area contributed by atoms with Crippen molar-refractivity contribution in [2.24, 2.45) is 0 Å². The van der Waals surface area contributed by atoms with E-state index >= 15 is 0 Å². The molecule has 2 aromatic heterocycles. The molecule has 4 nitrogen and oxygen atoms in total. The number of hydrogen-bond donors (Lipinski definition) is 2. The molecular formula is C20H17N3OS. The standard InChI is InChI=1S/C20H17N3OS/c1-12-11-18(25-13(12)2)20(24)23-15-8-4-3-7-14(15)19-21-16-9-5-6-10-17(16)22-19/h3-11H,1-2H3,(H,21,22)(H,23,24). The first-order valence-electron chi connectivity index (χ1n) is 8.04. The van der Waals surface area contributed by atoms with Gasteiger partial charge in [-0.2, -0.15) is 0 Å². The zero-order valence-electron chi connectivity index (χ0n) is 14.0. The number of aromatic nitrogens is 2. The highest BCUT2D eigenvalue weighted by Gasteiger charge is 2.15. The lowest BCUT2D eigenvalue weighted by Crippen LogP contribution is -2.11. The average Bonchev–Trinajstić information content (AvgIpc) is 3.19. The Morgan fingerprint density at radius 2 is 1.84 bits per heavy atom. The van der Waals surface area contributed by atoms with Crippen molar-refractivity contribution in [3.8, 4) is 11.4 Å². The van der Waals surface area contributed by atoms with Gasteiger partial charge in [0.2, 0.25) is 0 Å². The summed E-state index contributed by atoms with van der Waals surface area (Å²) in [5.41, 5.74) is 4.64. The Morgan fingerprint density at radius 3 is 2.60 bits per heavy atom. The smallest absolute Gasteiger partial charge is 0.265 e. The summed E-state index contributed by atoms with van der Waals surface area (Å²) in [6, 6.07) is 17.5. The number of benzene rings is 2. The largest absolute Gasteiger partial charge is 0.338 e. The van der Waals surface area contributed by atoms with Crippen LogP contribution in [0.2, 0.25) is 0 Å². The van der Waals surface area contributed by atoms with Crippen molar-refractivity contribution in [2.75, 3.05) is 5.32 Å². The lowest BCUT2D eigenvalue weighted by molar-refractivity contribution is 0.103. The quantitative estimate of drug-likeness (QED) is 0.538. The van der Waals surface area contributed by atoms with Crippen LogP contribution in [0.1, 0.15) is 20.1 Å². The Kier molecular flexibility index (Phi) is 3.86. The minimum Gasteiger partial charge on any atom is -0.338 e. The second-order valence-electron chi connectivity index (χ2n) is 5.95. The molecule has 0 bridgehead atoms. The van der Waals surface area contributed by atoms with Gasteiger partial charge in [0.1, 0.15) is 5.82 Å². The van der Waals surface area contributed by atoms with Crippen molar-refractivity contribution in [1.82, 2.24) is 9.97 Å². The fourth-order valence-electron chi connectivity index (χ4n) is 2.75. The van der Waals surface area contributed by atoms with E-state index in [0.29, 0.717) is 0 Å². The monoisotopic (exact) mass is 347 g/mol. The molecule has 0 saturated carbocycles. The van der Waals surface area contributed by atoms with Crippen molar-refractivity contribution >= 4 is 34.0 Å². The van der Waals surface area contributed by atoms with Gasteiger partial charge in [0, 0.05) is 10.4 Å². The molecule has 0 fully saturated rings. The number of hydrogen-bond acceptors (Lipinski definition) is 3. The lowest BCUT2D eigenvalue weighted by Gasteiger charge is -2.08. The molecule has 1 amide bonds. The molecule has 124 valence electrons. The summed E-state index contributed by atoms with van der Waals surface area (Å²) in [5.74, 6) is 0.653. The maximum Gasteiger partial charge on any atom is 0.265 e. The number of carbonyl (C=O) groups is 1. The molecule has 0 spiro atoms. The third-order valence-corrected chi connectivity index (χ3v) is 5.36. The van der Waals surface area contributed by atoms with Crippen molar-refractivity contribution in [1.29, 1.82) is 0 Å². The van der Waals surface area contributed by atoms with Crippen LogP contribution in [0, 0.1) is 13.8 Å². The topological polar surface area (TPSA) is 57.8 Å². The number of para-hydroxylation sites is 3. The number of carbonyl (C=O) groups excluding carboxylic acids is 1. The maximum absolute atomic E-state index is 12.6. The van der Waals surface area contributed by atoms with E-state index in [0.717, 1.165) is 43.4 Å². The van der Waals surface area contributed by atoms with Crippen molar-refractivity contribution in [3.05, 3.63) is 69.9 Å². The predicted molar refractivity (Wildman–Crippen MR) is 103 cm³/mol. The molecule has 0 atom stereocenters. The number of aryl methyl sites for hydroxylation is 2. The summed E-state index contributed by atoms with van der Waals surface area (Å²) in [7, 11) is 0. The third-order valence-electron chi connectivity index (χ3n) is 4.21. The number of aromatic amines is 1. The van der Waals surface area contributed by atoms with E-state index in [1.807, 2.05) is 68.4 Å². The molecule has 0 aliphatic rings. The van der Waals surface area contributed by atoms with Crippen LogP contribution in [-0.4, -0.2) is 15.9 Å². The molecular weight excluding hydrogens is 330 g/mol. The Morgan fingerprint density at radius 1 is 1.08 bits per heavy atom. The van der Waals surface area contributed by atoms with Crippen LogP contribution in [0.15, 0.2) is 54.6 Å². The number of fused-ring (bicyclic) bond motifs is 1. The van der Waals surface area contributed by atoms with E-state index in [4.69, 9.17) is 0 Å². The summed E-state index contributed by atoms with van der Waals surface area (Å²) >= 11 is 1.51. The molecule has 2 N–H and O–H groups in total. The number of H-pyrrole nitrogens is 1. The van der Waals surface area contributed by atoms with Gasteiger partial charge in [0.05, 0.1) is 21.6 Å². The van der Waals surface area contributed by atoms with E-state index < -0.39 is 0 Å². The van der Waals surface area contributed by atoms with Crippen LogP contribution >= 0.6 is 11.3 Å². The molecule has 0 unspecified atom stereocenters. The highest BCUT2D eigenvalue weighted by Crippen LogP contribution is 2.29. The molecule has 4 aromatic rings. The molecule has 25 heavy (non-hydrogen) atoms. The van der Waals surface area contributed by atoms with E-state index in [-0.39, 0.29) is 5.91 Å². The van der Waals surface area contributed by atoms with E-state index in [2.05, 4.69) is 15.3 Å². The normalized spacial score (nSPS) is 11.0. The van der Waals surface area contributed by atoms with Crippen molar-refractivity contribution in [3.63, 3.8) is 0 Å². The highest BCUT2D eigenvalue weighted by atomic mass is 32.1. The fourth-order valence-corrected chi connectivity index (χ4v) is 3.68. The first kappa shape index (κ1) is 15.6. The Labute approximate surface area is 149 Å². The Hall–Kier alpha value is -2.92. The number of imidazole rings is 1. The molecule has 0 radical (unpaired) electrons. The lowest BCUT2D eigenvalue weighted by atomic mass is 10.1. The summed E-state index contributed by atoms with van der Waals surface area (Å²) in [6.45, 7) is 4.05. The van der Waals surface area contributed by atoms with Gasteiger partial charge in [0.25, 0.3) is 5.91 Å². The van der Waals surface area contributed by atoms with Crippen LogP contribution in [0.25, 0.3) is 22.4 Å². The van der Waals surface area contributed by atoms with E-state index in [1.54, 1.807) is 0 Å². The van der Waals surface area contributed by atoms with Gasteiger partial charge in [0.15, 0.2) is 0 Å². The van der Waals surface area contributed by atoms with Gasteiger partial charge in [-0.3, -0.25) is 4.79 Å². The van der Waals surface area contributed by atoms with Crippen molar-refractivity contribution < 1.29 is 4.79 Å². The summed E-state index contributed by atoms with van der Waals surface area (Å²) in [5, 5.41) is 3.02. The molecule has 0 aliphatic heterocycles. The maximum atomic E-state index is 12.6. The number of rotatable bonds is 3. The zero-order valence-corrected chi connectivity index (χ0v) is 14.8. The minimum atomic E-state index is -0.0928. The van der Waals surface area contributed by atoms with Crippen LogP contribution in [-0.2, 0) is 0 Å². The van der Waals surface area contributed by atoms with Gasteiger partial charge < -0.3 is 10.3 Å². The Bertz CT molecular complexity index is 1020. The van der Waals surface area contributed by atoms with Crippen LogP contribution in [0.3, 0.4) is 0 Å². The number of nitrogens with one attached hydrogen (secondary N) is 2. The summed E-state index contributed by atoms with van der Waals surface area (Å²) in [6.07, 6.45) is 0.